The molecule has 7 unspecified atom stereocenters. The molecule has 5 aliphatic rings. The number of hydrogen-bond acceptors (Lipinski definition) is 11. The maximum absolute atomic E-state index is 15.4. The number of rotatable bonds is 7. The van der Waals surface area contributed by atoms with Gasteiger partial charge in [0.15, 0.2) is 0 Å². The lowest BCUT2D eigenvalue weighted by atomic mass is 9.51. The van der Waals surface area contributed by atoms with Gasteiger partial charge in [-0.3, -0.25) is 14.5 Å². The Kier molecular flexibility index (Phi) is 10.5. The number of carbonyl (C=O) groups is 2. The number of aliphatic hydroxyl groups is 1. The number of ether oxygens (including phenoxy) is 3. The number of fused-ring (bicyclic) bond motifs is 4. The predicted molar refractivity (Wildman–Crippen MR) is 227 cm³/mol. The summed E-state index contributed by atoms with van der Waals surface area (Å²) in [5, 5.41) is 26.3. The van der Waals surface area contributed by atoms with Gasteiger partial charge >= 0.3 is 11.9 Å². The average molecular weight is 810 g/mol. The Morgan fingerprint density at radius 3 is 2.55 bits per heavy atom. The van der Waals surface area contributed by atoms with Crippen LogP contribution >= 0.6 is 11.8 Å². The lowest BCUT2D eigenvalue weighted by Gasteiger charge is -2.60. The van der Waals surface area contributed by atoms with Crippen molar-refractivity contribution >= 4 is 40.3 Å². The zero-order valence-electron chi connectivity index (χ0n) is 35.3. The third kappa shape index (κ3) is 5.70. The van der Waals surface area contributed by atoms with Gasteiger partial charge in [0.25, 0.3) is 0 Å². The molecule has 0 bridgehead atoms. The summed E-state index contributed by atoms with van der Waals surface area (Å²) in [5.74, 6) is -0.245. The Morgan fingerprint density at radius 2 is 1.86 bits per heavy atom. The second-order valence-corrected chi connectivity index (χ2v) is 19.1. The molecule has 58 heavy (non-hydrogen) atoms. The summed E-state index contributed by atoms with van der Waals surface area (Å²) in [6.45, 7) is 11.0. The van der Waals surface area contributed by atoms with E-state index in [1.807, 2.05) is 19.2 Å². The number of nitrogens with one attached hydrogen (secondary N) is 1. The molecule has 2 fully saturated rings. The molecule has 5 heterocycles. The van der Waals surface area contributed by atoms with Crippen molar-refractivity contribution in [1.82, 2.24) is 14.8 Å². The molecule has 1 aliphatic carbocycles. The SMILES string of the molecule is CCC1(SC#N)CC(C)C[C@](C(=O)OC)(c2cc3c(cc2OC)N(C)C2C(O)C(OC(C)=O)[C@]4(CC)C=CCN5CCC32C54)c2[nH]c3ccccc3c2CCN(C)C1. The van der Waals surface area contributed by atoms with Gasteiger partial charge in [0, 0.05) is 89.1 Å². The number of H-pyrrole nitrogens is 1. The van der Waals surface area contributed by atoms with E-state index in [1.165, 1.54) is 25.8 Å². The van der Waals surface area contributed by atoms with Crippen molar-refractivity contribution in [2.24, 2.45) is 11.3 Å². The standard InChI is InChI=1S/C46H59N5O6S/c1-9-43(58-27-47)24-28(3)25-46(42(54)56-8,38-31(16-20-49(5)26-43)30-14-11-12-15-34(30)48-38)33-22-32-35(23-36(33)55-7)50(6)39-37(53)40(57-29(4)52)44(10-2)17-13-19-51-21-18-45(32,39)41(44)51/h11-15,17,22-23,28,37,39-41,48,53H,9-10,16,18-21,24-26H2,1-8H3/t28?,37?,39?,40?,41?,43?,44-,45?,46-/m0/s1. The van der Waals surface area contributed by atoms with Crippen molar-refractivity contribution in [3.05, 3.63) is 70.9 Å². The summed E-state index contributed by atoms with van der Waals surface area (Å²) in [6, 6.07) is 12.1. The van der Waals surface area contributed by atoms with Crippen molar-refractivity contribution in [1.29, 1.82) is 5.26 Å². The number of thiocyanates is 1. The lowest BCUT2D eigenvalue weighted by molar-refractivity contribution is -0.184. The monoisotopic (exact) mass is 809 g/mol. The molecule has 0 amide bonds. The molecule has 2 aromatic carbocycles. The van der Waals surface area contributed by atoms with E-state index >= 15 is 4.79 Å². The predicted octanol–water partition coefficient (Wildman–Crippen LogP) is 6.31. The molecular formula is C46H59N5O6S. The third-order valence-corrected chi connectivity index (χ3v) is 16.1. The zero-order valence-corrected chi connectivity index (χ0v) is 36.1. The van der Waals surface area contributed by atoms with Crippen LogP contribution in [0.15, 0.2) is 48.6 Å². The molecule has 1 saturated heterocycles. The Labute approximate surface area is 347 Å². The smallest absolute Gasteiger partial charge is 0.322 e. The fourth-order valence-corrected chi connectivity index (χ4v) is 13.9. The topological polar surface area (TPSA) is 131 Å². The number of likely N-dealkylation sites (N-methyl/N-ethyl adjacent to an activating group) is 2. The molecule has 0 radical (unpaired) electrons. The second-order valence-electron chi connectivity index (χ2n) is 17.9. The van der Waals surface area contributed by atoms with Crippen LogP contribution in [0.25, 0.3) is 10.9 Å². The van der Waals surface area contributed by atoms with Crippen molar-refractivity contribution in [2.75, 3.05) is 59.4 Å². The average Bonchev–Trinajstić information content (AvgIpc) is 3.86. The van der Waals surface area contributed by atoms with Gasteiger partial charge in [-0.05, 0) is 93.1 Å². The van der Waals surface area contributed by atoms with Crippen molar-refractivity contribution in [3.8, 4) is 11.2 Å². The van der Waals surface area contributed by atoms with Gasteiger partial charge in [-0.2, -0.15) is 5.26 Å². The van der Waals surface area contributed by atoms with E-state index in [-0.39, 0.29) is 22.7 Å². The maximum Gasteiger partial charge on any atom is 0.322 e. The van der Waals surface area contributed by atoms with Gasteiger partial charge < -0.3 is 34.1 Å². The number of benzene rings is 2. The van der Waals surface area contributed by atoms with E-state index < -0.39 is 40.5 Å². The highest BCUT2D eigenvalue weighted by atomic mass is 32.2. The van der Waals surface area contributed by atoms with Gasteiger partial charge in [-0.1, -0.05) is 51.1 Å². The Hall–Kier alpha value is -4.02. The first-order chi connectivity index (χ1) is 27.8. The summed E-state index contributed by atoms with van der Waals surface area (Å²) >= 11 is 1.36. The number of para-hydroxylation sites is 1. The molecule has 8 rings (SSSR count). The number of esters is 2. The second kappa shape index (κ2) is 14.9. The first-order valence-electron chi connectivity index (χ1n) is 21.0. The van der Waals surface area contributed by atoms with E-state index in [0.29, 0.717) is 31.4 Å². The maximum atomic E-state index is 15.4. The van der Waals surface area contributed by atoms with E-state index in [4.69, 9.17) is 14.2 Å². The molecule has 12 heteroatoms. The number of thioether (sulfide) groups is 1. The van der Waals surface area contributed by atoms with E-state index in [9.17, 15) is 15.2 Å². The third-order valence-electron chi connectivity index (χ3n) is 15.0. The van der Waals surface area contributed by atoms with Gasteiger partial charge in [0.1, 0.15) is 28.8 Å². The number of methoxy groups -OCH3 is 2. The molecule has 1 spiro atoms. The number of hydrogen-bond donors (Lipinski definition) is 2. The number of nitrogens with zero attached hydrogens (tertiary/aromatic N) is 4. The van der Waals surface area contributed by atoms with Crippen LogP contribution in [0.1, 0.15) is 82.2 Å². The summed E-state index contributed by atoms with van der Waals surface area (Å²) < 4.78 is 18.2. The van der Waals surface area contributed by atoms with E-state index in [1.54, 1.807) is 7.11 Å². The number of aromatic nitrogens is 1. The van der Waals surface area contributed by atoms with Crippen molar-refractivity contribution in [3.63, 3.8) is 0 Å². The van der Waals surface area contributed by atoms with Crippen LogP contribution in [0.3, 0.4) is 0 Å². The minimum atomic E-state index is -1.34. The first kappa shape index (κ1) is 40.7. The zero-order chi connectivity index (χ0) is 41.4. The molecule has 4 aliphatic heterocycles. The summed E-state index contributed by atoms with van der Waals surface area (Å²) in [7, 11) is 7.30. The van der Waals surface area contributed by atoms with Crippen LogP contribution in [-0.4, -0.2) is 115 Å². The highest BCUT2D eigenvalue weighted by molar-refractivity contribution is 8.05. The molecule has 1 aromatic heterocycles. The summed E-state index contributed by atoms with van der Waals surface area (Å²) in [5.41, 5.74) is 3.03. The molecule has 9 atom stereocenters. The fourth-order valence-electron chi connectivity index (χ4n) is 12.9. The van der Waals surface area contributed by atoms with Crippen molar-refractivity contribution in [2.45, 2.75) is 106 Å². The fraction of sp³-hybridized carbons (Fsp3) is 0.587. The minimum Gasteiger partial charge on any atom is -0.496 e. The number of aliphatic hydroxyl groups excluding tert-OH is 1. The quantitative estimate of drug-likeness (QED) is 0.158. The first-order valence-corrected chi connectivity index (χ1v) is 21.8. The largest absolute Gasteiger partial charge is 0.496 e. The van der Waals surface area contributed by atoms with Crippen LogP contribution in [-0.2, 0) is 36.3 Å². The van der Waals surface area contributed by atoms with E-state index in [0.717, 1.165) is 78.0 Å². The van der Waals surface area contributed by atoms with Crippen LogP contribution in [0.5, 0.6) is 5.75 Å². The highest BCUT2D eigenvalue weighted by Gasteiger charge is 2.73. The minimum absolute atomic E-state index is 0.0311. The van der Waals surface area contributed by atoms with Gasteiger partial charge in [-0.25, -0.2) is 0 Å². The number of carbonyl (C=O) groups excluding carboxylic acids is 2. The van der Waals surface area contributed by atoms with Gasteiger partial charge in [0.2, 0.25) is 0 Å². The number of anilines is 1. The van der Waals surface area contributed by atoms with Gasteiger partial charge in [-0.15, -0.1) is 0 Å². The molecule has 310 valence electrons. The number of nitriles is 1. The highest BCUT2D eigenvalue weighted by Crippen LogP contribution is 2.66. The van der Waals surface area contributed by atoms with Crippen LogP contribution in [0.4, 0.5) is 5.69 Å². The van der Waals surface area contributed by atoms with Crippen LogP contribution in [0.2, 0.25) is 0 Å². The Morgan fingerprint density at radius 1 is 1.09 bits per heavy atom. The van der Waals surface area contributed by atoms with E-state index in [2.05, 4.69) is 89.3 Å². The van der Waals surface area contributed by atoms with Gasteiger partial charge in [0.05, 0.1) is 20.3 Å². The molecular weight excluding hydrogens is 751 g/mol. The van der Waals surface area contributed by atoms with Crippen LogP contribution in [0, 0.1) is 22.0 Å². The number of aromatic amines is 1. The van der Waals surface area contributed by atoms with Crippen molar-refractivity contribution < 1.29 is 28.9 Å². The molecule has 11 nitrogen and oxygen atoms in total. The lowest BCUT2D eigenvalue weighted by Crippen LogP contribution is -2.74. The Bertz CT molecular complexity index is 2180. The Balaban J connectivity index is 1.43. The normalized spacial score (nSPS) is 34.6. The van der Waals surface area contributed by atoms with Crippen LogP contribution < -0.4 is 9.64 Å². The molecule has 1 saturated carbocycles. The molecule has 3 aromatic rings. The summed E-state index contributed by atoms with van der Waals surface area (Å²) in [6.07, 6.45) is 6.73. The molecule has 2 N–H and O–H groups in total. The summed E-state index contributed by atoms with van der Waals surface area (Å²) in [4.78, 5) is 38.9.